The van der Waals surface area contributed by atoms with E-state index in [1.165, 1.54) is 6.39 Å². The van der Waals surface area contributed by atoms with Crippen LogP contribution in [0.15, 0.2) is 10.9 Å². The van der Waals surface area contributed by atoms with E-state index in [1.54, 1.807) is 0 Å². The number of hydrogen-bond donors (Lipinski definition) is 1. The molecule has 0 radical (unpaired) electrons. The van der Waals surface area contributed by atoms with E-state index in [-0.39, 0.29) is 5.54 Å². The number of hydrogen-bond acceptors (Lipinski definition) is 5. The Morgan fingerprint density at radius 1 is 1.54 bits per heavy atom. The molecule has 1 aliphatic heterocycles. The van der Waals surface area contributed by atoms with Gasteiger partial charge in [0.2, 0.25) is 6.39 Å². The lowest BCUT2D eigenvalue weighted by molar-refractivity contribution is 0.181. The molecule has 1 fully saturated rings. The van der Waals surface area contributed by atoms with Crippen molar-refractivity contribution in [2.45, 2.75) is 18.4 Å². The van der Waals surface area contributed by atoms with Crippen LogP contribution in [0.2, 0.25) is 0 Å². The molecule has 0 spiro atoms. The Kier molecular flexibility index (Phi) is 2.05. The van der Waals surface area contributed by atoms with Gasteiger partial charge < -0.3 is 15.2 Å². The molecule has 0 amide bonds. The second-order valence-corrected chi connectivity index (χ2v) is 3.71. The summed E-state index contributed by atoms with van der Waals surface area (Å²) in [4.78, 5) is 6.27. The lowest BCUT2D eigenvalue weighted by atomic mass is 9.88. The van der Waals surface area contributed by atoms with E-state index in [0.29, 0.717) is 5.82 Å². The summed E-state index contributed by atoms with van der Waals surface area (Å²) in [5, 5.41) is 3.81. The molecule has 2 heterocycles. The number of rotatable bonds is 1. The van der Waals surface area contributed by atoms with E-state index < -0.39 is 0 Å². The minimum Gasteiger partial charge on any atom is -0.343 e. The van der Waals surface area contributed by atoms with Crippen LogP contribution in [0, 0.1) is 0 Å². The SMILES string of the molecule is CN1CCC(N)(c2ncon2)CC1. The maximum Gasteiger partial charge on any atom is 0.213 e. The lowest BCUT2D eigenvalue weighted by Crippen LogP contribution is -2.47. The maximum absolute atomic E-state index is 6.18. The van der Waals surface area contributed by atoms with E-state index in [0.717, 1.165) is 25.9 Å². The molecule has 0 saturated carbocycles. The van der Waals surface area contributed by atoms with Gasteiger partial charge in [0.25, 0.3) is 0 Å². The maximum atomic E-state index is 6.18. The topological polar surface area (TPSA) is 68.2 Å². The molecule has 0 atom stereocenters. The standard InChI is InChI=1S/C8H14N4O/c1-12-4-2-8(9,3-5-12)7-10-6-13-11-7/h6H,2-5,9H2,1H3. The molecular formula is C8H14N4O. The number of nitrogens with two attached hydrogens (primary N) is 1. The fraction of sp³-hybridized carbons (Fsp3) is 0.750. The minimum atomic E-state index is -0.375. The number of likely N-dealkylation sites (tertiary alicyclic amines) is 1. The van der Waals surface area contributed by atoms with Crippen molar-refractivity contribution in [1.29, 1.82) is 0 Å². The van der Waals surface area contributed by atoms with Crippen molar-refractivity contribution in [2.75, 3.05) is 20.1 Å². The van der Waals surface area contributed by atoms with Crippen LogP contribution in [0.3, 0.4) is 0 Å². The summed E-state index contributed by atoms with van der Waals surface area (Å²) in [6, 6.07) is 0. The third-order valence-electron chi connectivity index (χ3n) is 2.69. The third kappa shape index (κ3) is 1.57. The summed E-state index contributed by atoms with van der Waals surface area (Å²) in [5.74, 6) is 0.639. The lowest BCUT2D eigenvalue weighted by Gasteiger charge is -2.35. The Balaban J connectivity index is 2.13. The highest BCUT2D eigenvalue weighted by atomic mass is 16.5. The molecule has 0 aliphatic carbocycles. The Hall–Kier alpha value is -0.940. The Morgan fingerprint density at radius 2 is 2.23 bits per heavy atom. The van der Waals surface area contributed by atoms with E-state index in [9.17, 15) is 0 Å². The van der Waals surface area contributed by atoms with Crippen molar-refractivity contribution < 1.29 is 4.52 Å². The van der Waals surface area contributed by atoms with Crippen molar-refractivity contribution in [3.05, 3.63) is 12.2 Å². The zero-order chi connectivity index (χ0) is 9.31. The molecule has 1 aromatic heterocycles. The van der Waals surface area contributed by atoms with Crippen molar-refractivity contribution in [1.82, 2.24) is 15.0 Å². The molecule has 1 aromatic rings. The number of aromatic nitrogens is 2. The van der Waals surface area contributed by atoms with E-state index >= 15 is 0 Å². The van der Waals surface area contributed by atoms with Gasteiger partial charge >= 0.3 is 0 Å². The van der Waals surface area contributed by atoms with Crippen LogP contribution >= 0.6 is 0 Å². The van der Waals surface area contributed by atoms with Crippen LogP contribution in [-0.2, 0) is 5.54 Å². The van der Waals surface area contributed by atoms with Gasteiger partial charge in [-0.1, -0.05) is 5.16 Å². The van der Waals surface area contributed by atoms with Crippen molar-refractivity contribution in [3.63, 3.8) is 0 Å². The van der Waals surface area contributed by atoms with Gasteiger partial charge in [0, 0.05) is 13.1 Å². The first kappa shape index (κ1) is 8.65. The summed E-state index contributed by atoms with van der Waals surface area (Å²) < 4.78 is 4.71. The largest absolute Gasteiger partial charge is 0.343 e. The molecule has 0 bridgehead atoms. The van der Waals surface area contributed by atoms with Gasteiger partial charge in [-0.25, -0.2) is 0 Å². The highest BCUT2D eigenvalue weighted by Gasteiger charge is 2.34. The Bertz CT molecular complexity index is 264. The number of piperidine rings is 1. The summed E-state index contributed by atoms with van der Waals surface area (Å²) in [6.07, 6.45) is 3.12. The molecular weight excluding hydrogens is 168 g/mol. The first-order valence-corrected chi connectivity index (χ1v) is 4.45. The monoisotopic (exact) mass is 182 g/mol. The molecule has 72 valence electrons. The second kappa shape index (κ2) is 3.08. The molecule has 5 heteroatoms. The second-order valence-electron chi connectivity index (χ2n) is 3.71. The quantitative estimate of drug-likeness (QED) is 0.659. The molecule has 1 aliphatic rings. The van der Waals surface area contributed by atoms with Crippen LogP contribution in [0.1, 0.15) is 18.7 Å². The van der Waals surface area contributed by atoms with E-state index in [4.69, 9.17) is 10.3 Å². The Morgan fingerprint density at radius 3 is 2.77 bits per heavy atom. The molecule has 5 nitrogen and oxygen atoms in total. The van der Waals surface area contributed by atoms with Gasteiger partial charge in [0.1, 0.15) is 0 Å². The highest BCUT2D eigenvalue weighted by Crippen LogP contribution is 2.26. The van der Waals surface area contributed by atoms with Crippen LogP contribution in [0.5, 0.6) is 0 Å². The number of nitrogens with zero attached hydrogens (tertiary/aromatic N) is 3. The van der Waals surface area contributed by atoms with Gasteiger partial charge in [0.15, 0.2) is 5.82 Å². The fourth-order valence-electron chi connectivity index (χ4n) is 1.63. The summed E-state index contributed by atoms with van der Waals surface area (Å²) >= 11 is 0. The first-order chi connectivity index (χ1) is 6.21. The van der Waals surface area contributed by atoms with Gasteiger partial charge in [0.05, 0.1) is 5.54 Å². The van der Waals surface area contributed by atoms with Crippen molar-refractivity contribution in [2.24, 2.45) is 5.73 Å². The van der Waals surface area contributed by atoms with Crippen LogP contribution in [0.25, 0.3) is 0 Å². The van der Waals surface area contributed by atoms with Crippen LogP contribution < -0.4 is 5.73 Å². The van der Waals surface area contributed by atoms with E-state index in [1.807, 2.05) is 0 Å². The molecule has 13 heavy (non-hydrogen) atoms. The van der Waals surface area contributed by atoms with Gasteiger partial charge in [-0.05, 0) is 19.9 Å². The zero-order valence-corrected chi connectivity index (χ0v) is 7.73. The van der Waals surface area contributed by atoms with Crippen molar-refractivity contribution in [3.8, 4) is 0 Å². The Labute approximate surface area is 76.9 Å². The van der Waals surface area contributed by atoms with Gasteiger partial charge in [-0.15, -0.1) is 0 Å². The predicted molar refractivity (Wildman–Crippen MR) is 46.9 cm³/mol. The van der Waals surface area contributed by atoms with Gasteiger partial charge in [-0.2, -0.15) is 4.98 Å². The summed E-state index contributed by atoms with van der Waals surface area (Å²) in [6.45, 7) is 1.98. The normalized spacial score (nSPS) is 23.2. The molecule has 2 N–H and O–H groups in total. The summed E-state index contributed by atoms with van der Waals surface area (Å²) in [5.41, 5.74) is 5.80. The predicted octanol–water partition coefficient (Wildman–Crippen LogP) is -0.0508. The van der Waals surface area contributed by atoms with Gasteiger partial charge in [-0.3, -0.25) is 0 Å². The first-order valence-electron chi connectivity index (χ1n) is 4.45. The molecule has 0 unspecified atom stereocenters. The average Bonchev–Trinajstić information content (AvgIpc) is 2.63. The van der Waals surface area contributed by atoms with Crippen LogP contribution in [-0.4, -0.2) is 35.2 Å². The minimum absolute atomic E-state index is 0.375. The molecule has 2 rings (SSSR count). The third-order valence-corrected chi connectivity index (χ3v) is 2.69. The van der Waals surface area contributed by atoms with Crippen LogP contribution in [0.4, 0.5) is 0 Å². The summed E-state index contributed by atoms with van der Waals surface area (Å²) in [7, 11) is 2.09. The van der Waals surface area contributed by atoms with Crippen molar-refractivity contribution >= 4 is 0 Å². The van der Waals surface area contributed by atoms with E-state index in [2.05, 4.69) is 22.1 Å². The smallest absolute Gasteiger partial charge is 0.213 e. The molecule has 0 aromatic carbocycles. The zero-order valence-electron chi connectivity index (χ0n) is 7.73. The molecule has 1 saturated heterocycles. The highest BCUT2D eigenvalue weighted by molar-refractivity contribution is 5.04. The fourth-order valence-corrected chi connectivity index (χ4v) is 1.63. The average molecular weight is 182 g/mol.